The Bertz CT molecular complexity index is 505. The standard InChI is InChI=1S/C15H18F2N2O/c1-2-6-18-7-3-8-19(10-9-18)15(20)13-5-4-12(16)11-14(13)17/h2,4-5,11H,1,3,6-10H2. The third kappa shape index (κ3) is 3.42. The third-order valence-electron chi connectivity index (χ3n) is 3.42. The van der Waals surface area contributed by atoms with Gasteiger partial charge in [-0.1, -0.05) is 6.08 Å². The molecule has 1 saturated heterocycles. The van der Waals surface area contributed by atoms with Crippen molar-refractivity contribution < 1.29 is 13.6 Å². The van der Waals surface area contributed by atoms with Crippen molar-refractivity contribution in [2.24, 2.45) is 0 Å². The number of rotatable bonds is 3. The number of halogens is 2. The topological polar surface area (TPSA) is 23.6 Å². The molecule has 20 heavy (non-hydrogen) atoms. The summed E-state index contributed by atoms with van der Waals surface area (Å²) in [5.74, 6) is -1.85. The van der Waals surface area contributed by atoms with Crippen LogP contribution in [0.4, 0.5) is 8.78 Å². The van der Waals surface area contributed by atoms with Crippen molar-refractivity contribution in [3.8, 4) is 0 Å². The normalized spacial score (nSPS) is 16.8. The Morgan fingerprint density at radius 2 is 2.05 bits per heavy atom. The number of nitrogens with zero attached hydrogens (tertiary/aromatic N) is 2. The van der Waals surface area contributed by atoms with E-state index >= 15 is 0 Å². The Labute approximate surface area is 117 Å². The number of hydrogen-bond donors (Lipinski definition) is 0. The van der Waals surface area contributed by atoms with Gasteiger partial charge in [0.05, 0.1) is 5.56 Å². The second-order valence-corrected chi connectivity index (χ2v) is 4.86. The van der Waals surface area contributed by atoms with Gasteiger partial charge in [0.2, 0.25) is 0 Å². The zero-order valence-electron chi connectivity index (χ0n) is 11.3. The Hall–Kier alpha value is -1.75. The summed E-state index contributed by atoms with van der Waals surface area (Å²) in [6, 6.07) is 3.06. The summed E-state index contributed by atoms with van der Waals surface area (Å²) < 4.78 is 26.5. The zero-order valence-corrected chi connectivity index (χ0v) is 11.3. The van der Waals surface area contributed by atoms with Crippen LogP contribution in [0, 0.1) is 11.6 Å². The molecule has 1 aromatic rings. The maximum Gasteiger partial charge on any atom is 0.256 e. The van der Waals surface area contributed by atoms with Gasteiger partial charge in [0.1, 0.15) is 11.6 Å². The molecule has 1 amide bonds. The molecule has 0 N–H and O–H groups in total. The molecule has 1 aliphatic rings. The van der Waals surface area contributed by atoms with Gasteiger partial charge >= 0.3 is 0 Å². The molecule has 0 saturated carbocycles. The highest BCUT2D eigenvalue weighted by Crippen LogP contribution is 2.14. The van der Waals surface area contributed by atoms with Crippen LogP contribution in [0.2, 0.25) is 0 Å². The van der Waals surface area contributed by atoms with Crippen LogP contribution in [0.25, 0.3) is 0 Å². The fourth-order valence-electron chi connectivity index (χ4n) is 2.37. The molecule has 0 radical (unpaired) electrons. The van der Waals surface area contributed by atoms with Crippen LogP contribution in [0.1, 0.15) is 16.8 Å². The van der Waals surface area contributed by atoms with Crippen LogP contribution >= 0.6 is 0 Å². The molecular formula is C15H18F2N2O. The molecule has 1 heterocycles. The molecule has 0 unspecified atom stereocenters. The molecule has 2 rings (SSSR count). The Morgan fingerprint density at radius 3 is 2.75 bits per heavy atom. The molecule has 5 heteroatoms. The zero-order chi connectivity index (χ0) is 14.5. The van der Waals surface area contributed by atoms with E-state index in [-0.39, 0.29) is 11.5 Å². The van der Waals surface area contributed by atoms with Gasteiger partial charge in [-0.3, -0.25) is 9.69 Å². The molecule has 0 atom stereocenters. The lowest BCUT2D eigenvalue weighted by Gasteiger charge is -2.21. The minimum Gasteiger partial charge on any atom is -0.337 e. The van der Waals surface area contributed by atoms with Crippen molar-refractivity contribution in [3.63, 3.8) is 0 Å². The summed E-state index contributed by atoms with van der Waals surface area (Å²) in [5.41, 5.74) is -0.0661. The predicted molar refractivity (Wildman–Crippen MR) is 73.5 cm³/mol. The van der Waals surface area contributed by atoms with Crippen LogP contribution in [-0.2, 0) is 0 Å². The van der Waals surface area contributed by atoms with Crippen molar-refractivity contribution in [2.75, 3.05) is 32.7 Å². The number of hydrogen-bond acceptors (Lipinski definition) is 2. The Morgan fingerprint density at radius 1 is 1.25 bits per heavy atom. The molecule has 1 aliphatic heterocycles. The lowest BCUT2D eigenvalue weighted by molar-refractivity contribution is 0.0757. The van der Waals surface area contributed by atoms with E-state index in [2.05, 4.69) is 11.5 Å². The number of benzene rings is 1. The summed E-state index contributed by atoms with van der Waals surface area (Å²) >= 11 is 0. The number of amides is 1. The molecule has 1 aromatic carbocycles. The number of carbonyl (C=O) groups is 1. The van der Waals surface area contributed by atoms with E-state index < -0.39 is 11.6 Å². The fourth-order valence-corrected chi connectivity index (χ4v) is 2.37. The van der Waals surface area contributed by atoms with Gasteiger partial charge in [0.25, 0.3) is 5.91 Å². The average Bonchev–Trinajstić information content (AvgIpc) is 2.64. The van der Waals surface area contributed by atoms with E-state index in [9.17, 15) is 13.6 Å². The maximum atomic E-state index is 13.6. The smallest absolute Gasteiger partial charge is 0.256 e. The van der Waals surface area contributed by atoms with Crippen molar-refractivity contribution in [1.29, 1.82) is 0 Å². The highest BCUT2D eigenvalue weighted by molar-refractivity contribution is 5.94. The Kier molecular flexibility index (Phi) is 4.84. The largest absolute Gasteiger partial charge is 0.337 e. The number of carbonyl (C=O) groups excluding carboxylic acids is 1. The fraction of sp³-hybridized carbons (Fsp3) is 0.400. The molecule has 0 aromatic heterocycles. The van der Waals surface area contributed by atoms with Gasteiger partial charge in [-0.25, -0.2) is 8.78 Å². The van der Waals surface area contributed by atoms with Crippen LogP contribution in [0.5, 0.6) is 0 Å². The second kappa shape index (κ2) is 6.61. The van der Waals surface area contributed by atoms with Gasteiger partial charge in [0, 0.05) is 38.8 Å². The molecule has 0 aliphatic carbocycles. The lowest BCUT2D eigenvalue weighted by Crippen LogP contribution is -2.35. The third-order valence-corrected chi connectivity index (χ3v) is 3.42. The molecule has 1 fully saturated rings. The summed E-state index contributed by atoms with van der Waals surface area (Å²) in [4.78, 5) is 16.1. The van der Waals surface area contributed by atoms with Crippen LogP contribution < -0.4 is 0 Å². The van der Waals surface area contributed by atoms with E-state index in [1.807, 2.05) is 6.08 Å². The van der Waals surface area contributed by atoms with Gasteiger partial charge < -0.3 is 4.90 Å². The summed E-state index contributed by atoms with van der Waals surface area (Å²) in [6.45, 7) is 7.24. The monoisotopic (exact) mass is 280 g/mol. The maximum absolute atomic E-state index is 13.6. The van der Waals surface area contributed by atoms with Crippen molar-refractivity contribution >= 4 is 5.91 Å². The minimum atomic E-state index is -0.804. The van der Waals surface area contributed by atoms with E-state index in [4.69, 9.17) is 0 Å². The van der Waals surface area contributed by atoms with Gasteiger partial charge in [-0.2, -0.15) is 0 Å². The van der Waals surface area contributed by atoms with Crippen LogP contribution in [-0.4, -0.2) is 48.4 Å². The predicted octanol–water partition coefficient (Wildman–Crippen LogP) is 2.30. The second-order valence-electron chi connectivity index (χ2n) is 4.86. The van der Waals surface area contributed by atoms with Crippen molar-refractivity contribution in [1.82, 2.24) is 9.80 Å². The first-order valence-electron chi connectivity index (χ1n) is 6.69. The van der Waals surface area contributed by atoms with E-state index in [0.717, 1.165) is 38.2 Å². The Balaban J connectivity index is 2.07. The van der Waals surface area contributed by atoms with E-state index in [1.165, 1.54) is 6.07 Å². The summed E-state index contributed by atoms with van der Waals surface area (Å²) in [7, 11) is 0. The first-order valence-corrected chi connectivity index (χ1v) is 6.69. The highest BCUT2D eigenvalue weighted by atomic mass is 19.1. The molecule has 108 valence electrons. The molecule has 0 bridgehead atoms. The minimum absolute atomic E-state index is 0.0661. The highest BCUT2D eigenvalue weighted by Gasteiger charge is 2.22. The van der Waals surface area contributed by atoms with Crippen molar-refractivity contribution in [2.45, 2.75) is 6.42 Å². The summed E-state index contributed by atoms with van der Waals surface area (Å²) in [5, 5.41) is 0. The van der Waals surface area contributed by atoms with Gasteiger partial charge in [-0.05, 0) is 18.6 Å². The first-order chi connectivity index (χ1) is 9.61. The van der Waals surface area contributed by atoms with Crippen molar-refractivity contribution in [3.05, 3.63) is 48.1 Å². The van der Waals surface area contributed by atoms with Crippen LogP contribution in [0.15, 0.2) is 30.9 Å². The van der Waals surface area contributed by atoms with E-state index in [1.54, 1.807) is 4.90 Å². The van der Waals surface area contributed by atoms with Gasteiger partial charge in [0.15, 0.2) is 0 Å². The summed E-state index contributed by atoms with van der Waals surface area (Å²) in [6.07, 6.45) is 2.67. The molecular weight excluding hydrogens is 262 g/mol. The van der Waals surface area contributed by atoms with Gasteiger partial charge in [-0.15, -0.1) is 6.58 Å². The molecule has 3 nitrogen and oxygen atoms in total. The SMILES string of the molecule is C=CCN1CCCN(C(=O)c2ccc(F)cc2F)CC1. The first kappa shape index (κ1) is 14.7. The van der Waals surface area contributed by atoms with E-state index in [0.29, 0.717) is 13.1 Å². The lowest BCUT2D eigenvalue weighted by atomic mass is 10.1. The van der Waals surface area contributed by atoms with Crippen LogP contribution in [0.3, 0.4) is 0 Å². The quantitative estimate of drug-likeness (QED) is 0.793. The molecule has 0 spiro atoms. The average molecular weight is 280 g/mol.